The van der Waals surface area contributed by atoms with Gasteiger partial charge < -0.3 is 0 Å². The highest BCUT2D eigenvalue weighted by Crippen LogP contribution is 2.40. The lowest BCUT2D eigenvalue weighted by molar-refractivity contribution is 0.197. The van der Waals surface area contributed by atoms with Crippen molar-refractivity contribution in [1.29, 1.82) is 0 Å². The maximum atomic E-state index is 13.8. The predicted molar refractivity (Wildman–Crippen MR) is 119 cm³/mol. The minimum atomic E-state index is -0.0844. The summed E-state index contributed by atoms with van der Waals surface area (Å²) in [5.74, 6) is 2.69. The topological polar surface area (TPSA) is 0 Å². The van der Waals surface area contributed by atoms with Crippen LogP contribution in [0.15, 0.2) is 36.4 Å². The number of halogens is 1. The molecule has 2 aliphatic rings. The van der Waals surface area contributed by atoms with Crippen molar-refractivity contribution in [2.24, 2.45) is 17.8 Å². The van der Waals surface area contributed by atoms with Crippen LogP contribution in [0.4, 0.5) is 4.39 Å². The van der Waals surface area contributed by atoms with Gasteiger partial charge in [-0.1, -0.05) is 64.8 Å². The quantitative estimate of drug-likeness (QED) is 0.506. The van der Waals surface area contributed by atoms with Crippen LogP contribution in [0.3, 0.4) is 0 Å². The van der Waals surface area contributed by atoms with Crippen molar-refractivity contribution in [3.63, 3.8) is 0 Å². The van der Waals surface area contributed by atoms with E-state index >= 15 is 0 Å². The minimum Gasteiger partial charge on any atom is -0.207 e. The fraction of sp³-hybridized carbons (Fsp3) is 0.556. The predicted octanol–water partition coefficient (Wildman–Crippen LogP) is 8.01. The van der Waals surface area contributed by atoms with Gasteiger partial charge in [-0.15, -0.1) is 0 Å². The second-order valence-corrected chi connectivity index (χ2v) is 8.67. The summed E-state index contributed by atoms with van der Waals surface area (Å²) in [6.07, 6.45) is 10.3. The molecule has 4 rings (SSSR count). The molecule has 0 aliphatic heterocycles. The molecule has 0 spiro atoms. The zero-order chi connectivity index (χ0) is 20.1. The Kier molecular flexibility index (Phi) is 7.32. The largest absolute Gasteiger partial charge is 0.207 e. The van der Waals surface area contributed by atoms with Crippen molar-refractivity contribution >= 4 is 0 Å². The molecule has 0 radical (unpaired) electrons. The van der Waals surface area contributed by atoms with Gasteiger partial charge in [-0.3, -0.25) is 0 Å². The smallest absolute Gasteiger partial charge is 0.126 e. The Morgan fingerprint density at radius 1 is 0.821 bits per heavy atom. The molecule has 0 nitrogen and oxygen atoms in total. The zero-order valence-electron chi connectivity index (χ0n) is 18.2. The number of hydrogen-bond acceptors (Lipinski definition) is 0. The minimum absolute atomic E-state index is 0.0844. The van der Waals surface area contributed by atoms with E-state index in [9.17, 15) is 4.39 Å². The first-order valence-electron chi connectivity index (χ1n) is 11.5. The van der Waals surface area contributed by atoms with E-state index in [2.05, 4.69) is 25.1 Å². The van der Waals surface area contributed by atoms with Crippen molar-refractivity contribution in [3.8, 4) is 11.1 Å². The van der Waals surface area contributed by atoms with Gasteiger partial charge in [-0.05, 0) is 96.2 Å². The number of benzene rings is 2. The molecule has 28 heavy (non-hydrogen) atoms. The Labute approximate surface area is 171 Å². The van der Waals surface area contributed by atoms with Crippen LogP contribution in [-0.2, 0) is 19.3 Å². The molecule has 1 saturated carbocycles. The Bertz CT molecular complexity index is 768. The van der Waals surface area contributed by atoms with Gasteiger partial charge >= 0.3 is 0 Å². The SMILES string of the molecule is CC.CCc1cc(-c2ccc3c(c2)CCC(C2CCC(C)CC2)C3)ccc1F. The molecule has 1 heteroatoms. The van der Waals surface area contributed by atoms with Crippen LogP contribution in [0.1, 0.15) is 76.5 Å². The van der Waals surface area contributed by atoms with E-state index in [4.69, 9.17) is 0 Å². The maximum absolute atomic E-state index is 13.8. The first kappa shape index (κ1) is 21.1. The van der Waals surface area contributed by atoms with Crippen molar-refractivity contribution in [2.75, 3.05) is 0 Å². The average molecular weight is 381 g/mol. The standard InChI is InChI=1S/C25H31F.C2H6/c1-3-18-14-24(12-13-25(18)26)23-11-10-21-15-20(8-9-22(21)16-23)19-6-4-17(2)5-7-19;1-2/h10-14,16-17,19-20H,3-9,15H2,1-2H3;1-2H3. The summed E-state index contributed by atoms with van der Waals surface area (Å²) in [5, 5.41) is 0. The van der Waals surface area contributed by atoms with Crippen LogP contribution < -0.4 is 0 Å². The van der Waals surface area contributed by atoms with E-state index in [0.29, 0.717) is 0 Å². The summed E-state index contributed by atoms with van der Waals surface area (Å²) < 4.78 is 13.8. The molecule has 0 aromatic heterocycles. The summed E-state index contributed by atoms with van der Waals surface area (Å²) >= 11 is 0. The molecule has 1 fully saturated rings. The average Bonchev–Trinajstić information content (AvgIpc) is 2.75. The number of aryl methyl sites for hydroxylation is 2. The fourth-order valence-electron chi connectivity index (χ4n) is 5.15. The summed E-state index contributed by atoms with van der Waals surface area (Å²) in [4.78, 5) is 0. The first-order valence-corrected chi connectivity index (χ1v) is 11.5. The molecule has 0 amide bonds. The Balaban J connectivity index is 0.00000109. The third-order valence-electron chi connectivity index (χ3n) is 6.96. The van der Waals surface area contributed by atoms with Gasteiger partial charge in [0.15, 0.2) is 0 Å². The van der Waals surface area contributed by atoms with Gasteiger partial charge in [-0.25, -0.2) is 4.39 Å². The van der Waals surface area contributed by atoms with E-state index in [1.165, 1.54) is 56.1 Å². The van der Waals surface area contributed by atoms with E-state index in [1.54, 1.807) is 11.6 Å². The van der Waals surface area contributed by atoms with Crippen LogP contribution in [-0.4, -0.2) is 0 Å². The van der Waals surface area contributed by atoms with Crippen molar-refractivity contribution in [3.05, 3.63) is 58.9 Å². The molecule has 0 bridgehead atoms. The van der Waals surface area contributed by atoms with E-state index < -0.39 is 0 Å². The number of hydrogen-bond donors (Lipinski definition) is 0. The monoisotopic (exact) mass is 380 g/mol. The van der Waals surface area contributed by atoms with Gasteiger partial charge in [0.05, 0.1) is 0 Å². The second-order valence-electron chi connectivity index (χ2n) is 8.67. The summed E-state index contributed by atoms with van der Waals surface area (Å²) in [5.41, 5.74) is 6.27. The van der Waals surface area contributed by atoms with Crippen LogP contribution in [0, 0.1) is 23.6 Å². The third kappa shape index (κ3) is 4.67. The summed E-state index contributed by atoms with van der Waals surface area (Å²) in [6, 6.07) is 12.5. The number of rotatable bonds is 3. The molecule has 152 valence electrons. The Morgan fingerprint density at radius 3 is 2.21 bits per heavy atom. The van der Waals surface area contributed by atoms with E-state index in [0.717, 1.165) is 35.3 Å². The fourth-order valence-corrected chi connectivity index (χ4v) is 5.15. The van der Waals surface area contributed by atoms with Crippen molar-refractivity contribution in [1.82, 2.24) is 0 Å². The lowest BCUT2D eigenvalue weighted by atomic mass is 9.70. The molecule has 2 aromatic rings. The Morgan fingerprint density at radius 2 is 1.50 bits per heavy atom. The zero-order valence-corrected chi connectivity index (χ0v) is 18.2. The van der Waals surface area contributed by atoms with E-state index in [-0.39, 0.29) is 5.82 Å². The maximum Gasteiger partial charge on any atom is 0.126 e. The first-order chi connectivity index (χ1) is 13.6. The lowest BCUT2D eigenvalue weighted by Crippen LogP contribution is -2.26. The highest BCUT2D eigenvalue weighted by Gasteiger charge is 2.29. The lowest BCUT2D eigenvalue weighted by Gasteiger charge is -2.35. The highest BCUT2D eigenvalue weighted by atomic mass is 19.1. The summed E-state index contributed by atoms with van der Waals surface area (Å²) in [6.45, 7) is 8.43. The van der Waals surface area contributed by atoms with Gasteiger partial charge in [-0.2, -0.15) is 0 Å². The molecule has 0 heterocycles. The van der Waals surface area contributed by atoms with Crippen LogP contribution in [0.2, 0.25) is 0 Å². The summed E-state index contributed by atoms with van der Waals surface area (Å²) in [7, 11) is 0. The van der Waals surface area contributed by atoms with Gasteiger partial charge in [0.1, 0.15) is 5.82 Å². The molecule has 0 N–H and O–H groups in total. The molecule has 1 atom stereocenters. The second kappa shape index (κ2) is 9.72. The molecular weight excluding hydrogens is 343 g/mol. The van der Waals surface area contributed by atoms with Crippen LogP contribution in [0.5, 0.6) is 0 Å². The Hall–Kier alpha value is -1.63. The molecular formula is C27H37F. The highest BCUT2D eigenvalue weighted by molar-refractivity contribution is 5.66. The van der Waals surface area contributed by atoms with Gasteiger partial charge in [0.25, 0.3) is 0 Å². The van der Waals surface area contributed by atoms with Crippen LogP contribution in [0.25, 0.3) is 11.1 Å². The van der Waals surface area contributed by atoms with Crippen molar-refractivity contribution < 1.29 is 4.39 Å². The van der Waals surface area contributed by atoms with Crippen LogP contribution >= 0.6 is 0 Å². The molecule has 2 aliphatic carbocycles. The van der Waals surface area contributed by atoms with E-state index in [1.807, 2.05) is 32.9 Å². The van der Waals surface area contributed by atoms with Gasteiger partial charge in [0, 0.05) is 0 Å². The molecule has 0 saturated heterocycles. The normalized spacial score (nSPS) is 24.1. The molecule has 2 aromatic carbocycles. The number of fused-ring (bicyclic) bond motifs is 1. The van der Waals surface area contributed by atoms with Crippen molar-refractivity contribution in [2.45, 2.75) is 79.1 Å². The third-order valence-corrected chi connectivity index (χ3v) is 6.96. The van der Waals surface area contributed by atoms with Gasteiger partial charge in [0.2, 0.25) is 0 Å². The molecule has 1 unspecified atom stereocenters.